The Kier molecular flexibility index (Phi) is 4.80. The molecule has 0 aliphatic rings. The van der Waals surface area contributed by atoms with Crippen LogP contribution in [-0.2, 0) is 0 Å². The second-order valence-corrected chi connectivity index (χ2v) is 5.21. The van der Waals surface area contributed by atoms with Crippen LogP contribution in [0, 0.1) is 13.8 Å². The molecule has 2 aromatic rings. The summed E-state index contributed by atoms with van der Waals surface area (Å²) < 4.78 is 6.12. The zero-order valence-electron chi connectivity index (χ0n) is 12.7. The maximum absolute atomic E-state index is 6.12. The fourth-order valence-electron chi connectivity index (χ4n) is 2.56. The number of rotatable bonds is 5. The Morgan fingerprint density at radius 2 is 1.70 bits per heavy atom. The number of benzene rings is 2. The Bertz CT molecular complexity index is 553. The van der Waals surface area contributed by atoms with E-state index >= 15 is 0 Å². The van der Waals surface area contributed by atoms with Crippen molar-refractivity contribution in [2.24, 2.45) is 0 Å². The molecule has 1 unspecified atom stereocenters. The largest absolute Gasteiger partial charge is 0.457 e. The summed E-state index contributed by atoms with van der Waals surface area (Å²) >= 11 is 0. The highest BCUT2D eigenvalue weighted by atomic mass is 16.5. The zero-order chi connectivity index (χ0) is 14.5. The van der Waals surface area contributed by atoms with E-state index in [1.807, 2.05) is 19.2 Å². The van der Waals surface area contributed by atoms with Crippen LogP contribution >= 0.6 is 0 Å². The molecular weight excluding hydrogens is 246 g/mol. The average Bonchev–Trinajstić information content (AvgIpc) is 2.41. The molecule has 0 aliphatic carbocycles. The average molecular weight is 269 g/mol. The van der Waals surface area contributed by atoms with Gasteiger partial charge in [0.15, 0.2) is 0 Å². The van der Waals surface area contributed by atoms with E-state index in [-0.39, 0.29) is 0 Å². The molecule has 0 aromatic heterocycles. The van der Waals surface area contributed by atoms with Crippen molar-refractivity contribution in [3.05, 3.63) is 59.2 Å². The highest BCUT2D eigenvalue weighted by Crippen LogP contribution is 2.31. The molecule has 1 N–H and O–H groups in total. The van der Waals surface area contributed by atoms with Gasteiger partial charge in [0.2, 0.25) is 0 Å². The molecule has 0 fully saturated rings. The molecular formula is C18H23NO. The van der Waals surface area contributed by atoms with Crippen molar-refractivity contribution in [1.29, 1.82) is 0 Å². The number of nitrogens with one attached hydrogen (secondary N) is 1. The van der Waals surface area contributed by atoms with Gasteiger partial charge in [-0.25, -0.2) is 0 Å². The van der Waals surface area contributed by atoms with E-state index in [1.54, 1.807) is 0 Å². The summed E-state index contributed by atoms with van der Waals surface area (Å²) in [6, 6.07) is 14.9. The van der Waals surface area contributed by atoms with Crippen molar-refractivity contribution in [2.45, 2.75) is 33.2 Å². The molecule has 0 bridgehead atoms. The summed E-state index contributed by atoms with van der Waals surface area (Å²) in [6.45, 7) is 6.36. The summed E-state index contributed by atoms with van der Waals surface area (Å²) in [5.74, 6) is 1.83. The summed E-state index contributed by atoms with van der Waals surface area (Å²) in [4.78, 5) is 0. The van der Waals surface area contributed by atoms with Gasteiger partial charge in [-0.2, -0.15) is 0 Å². The number of para-hydroxylation sites is 1. The first-order valence-electron chi connectivity index (χ1n) is 7.16. The van der Waals surface area contributed by atoms with Crippen molar-refractivity contribution in [1.82, 2.24) is 5.32 Å². The highest BCUT2D eigenvalue weighted by molar-refractivity contribution is 5.41. The second-order valence-electron chi connectivity index (χ2n) is 5.21. The first-order chi connectivity index (χ1) is 9.63. The van der Waals surface area contributed by atoms with E-state index in [0.29, 0.717) is 6.04 Å². The third-order valence-electron chi connectivity index (χ3n) is 3.47. The Balaban J connectivity index is 2.33. The molecule has 0 radical (unpaired) electrons. The van der Waals surface area contributed by atoms with Crippen LogP contribution < -0.4 is 10.1 Å². The summed E-state index contributed by atoms with van der Waals surface area (Å²) in [5.41, 5.74) is 3.65. The van der Waals surface area contributed by atoms with Crippen LogP contribution in [-0.4, -0.2) is 7.05 Å². The lowest BCUT2D eigenvalue weighted by Gasteiger charge is -2.19. The lowest BCUT2D eigenvalue weighted by molar-refractivity contribution is 0.458. The van der Waals surface area contributed by atoms with E-state index in [4.69, 9.17) is 4.74 Å². The quantitative estimate of drug-likeness (QED) is 0.844. The second kappa shape index (κ2) is 6.58. The van der Waals surface area contributed by atoms with Gasteiger partial charge in [-0.3, -0.25) is 0 Å². The van der Waals surface area contributed by atoms with Crippen LogP contribution in [0.15, 0.2) is 42.5 Å². The van der Waals surface area contributed by atoms with E-state index in [1.165, 1.54) is 16.7 Å². The molecule has 0 spiro atoms. The van der Waals surface area contributed by atoms with Crippen LogP contribution in [0.5, 0.6) is 11.5 Å². The third-order valence-corrected chi connectivity index (χ3v) is 3.47. The van der Waals surface area contributed by atoms with E-state index < -0.39 is 0 Å². The number of aryl methyl sites for hydroxylation is 2. The summed E-state index contributed by atoms with van der Waals surface area (Å²) in [5, 5.41) is 3.34. The topological polar surface area (TPSA) is 21.3 Å². The SMILES string of the molecule is CCC(NC)c1ccccc1Oc1cc(C)cc(C)c1. The standard InChI is InChI=1S/C18H23NO/c1-5-17(19-4)16-8-6-7-9-18(16)20-15-11-13(2)10-14(3)12-15/h6-12,17,19H,5H2,1-4H3. The lowest BCUT2D eigenvalue weighted by atomic mass is 10.0. The molecule has 0 heterocycles. The van der Waals surface area contributed by atoms with E-state index in [9.17, 15) is 0 Å². The normalized spacial score (nSPS) is 12.2. The van der Waals surface area contributed by atoms with Gasteiger partial charge >= 0.3 is 0 Å². The predicted molar refractivity (Wildman–Crippen MR) is 84.5 cm³/mol. The number of hydrogen-bond acceptors (Lipinski definition) is 2. The van der Waals surface area contributed by atoms with Crippen molar-refractivity contribution in [3.63, 3.8) is 0 Å². The fourth-order valence-corrected chi connectivity index (χ4v) is 2.56. The molecule has 2 nitrogen and oxygen atoms in total. The first kappa shape index (κ1) is 14.6. The monoisotopic (exact) mass is 269 g/mol. The molecule has 2 aromatic carbocycles. The Morgan fingerprint density at radius 1 is 1.05 bits per heavy atom. The van der Waals surface area contributed by atoms with Crippen molar-refractivity contribution < 1.29 is 4.74 Å². The Hall–Kier alpha value is -1.80. The number of hydrogen-bond donors (Lipinski definition) is 1. The first-order valence-corrected chi connectivity index (χ1v) is 7.16. The van der Waals surface area contributed by atoms with E-state index in [2.05, 4.69) is 56.4 Å². The van der Waals surface area contributed by atoms with Crippen molar-refractivity contribution in [3.8, 4) is 11.5 Å². The zero-order valence-corrected chi connectivity index (χ0v) is 12.7. The lowest BCUT2D eigenvalue weighted by Crippen LogP contribution is -2.15. The molecule has 1 atom stereocenters. The minimum Gasteiger partial charge on any atom is -0.457 e. The third kappa shape index (κ3) is 3.40. The van der Waals surface area contributed by atoms with Crippen LogP contribution in [0.4, 0.5) is 0 Å². The molecule has 0 saturated heterocycles. The molecule has 0 amide bonds. The maximum Gasteiger partial charge on any atom is 0.132 e. The van der Waals surface area contributed by atoms with Gasteiger partial charge in [0.05, 0.1) is 0 Å². The van der Waals surface area contributed by atoms with Gasteiger partial charge in [0, 0.05) is 11.6 Å². The van der Waals surface area contributed by atoms with Crippen LogP contribution in [0.2, 0.25) is 0 Å². The van der Waals surface area contributed by atoms with Crippen LogP contribution in [0.25, 0.3) is 0 Å². The smallest absolute Gasteiger partial charge is 0.132 e. The Morgan fingerprint density at radius 3 is 2.30 bits per heavy atom. The van der Waals surface area contributed by atoms with Gasteiger partial charge in [-0.05, 0) is 56.6 Å². The van der Waals surface area contributed by atoms with Gasteiger partial charge in [-0.1, -0.05) is 31.2 Å². The van der Waals surface area contributed by atoms with Crippen LogP contribution in [0.1, 0.15) is 36.1 Å². The van der Waals surface area contributed by atoms with Crippen molar-refractivity contribution >= 4 is 0 Å². The highest BCUT2D eigenvalue weighted by Gasteiger charge is 2.12. The van der Waals surface area contributed by atoms with E-state index in [0.717, 1.165) is 17.9 Å². The molecule has 106 valence electrons. The fraction of sp³-hybridized carbons (Fsp3) is 0.333. The van der Waals surface area contributed by atoms with Gasteiger partial charge in [0.25, 0.3) is 0 Å². The molecule has 20 heavy (non-hydrogen) atoms. The summed E-state index contributed by atoms with van der Waals surface area (Å²) in [6.07, 6.45) is 1.03. The molecule has 0 saturated carbocycles. The molecule has 2 heteroatoms. The summed E-state index contributed by atoms with van der Waals surface area (Å²) in [7, 11) is 1.99. The number of ether oxygens (including phenoxy) is 1. The minimum atomic E-state index is 0.317. The predicted octanol–water partition coefficient (Wildman–Crippen LogP) is 4.77. The van der Waals surface area contributed by atoms with Gasteiger partial charge < -0.3 is 10.1 Å². The van der Waals surface area contributed by atoms with Crippen LogP contribution in [0.3, 0.4) is 0 Å². The van der Waals surface area contributed by atoms with Gasteiger partial charge in [0.1, 0.15) is 11.5 Å². The maximum atomic E-state index is 6.12. The molecule has 0 aliphatic heterocycles. The minimum absolute atomic E-state index is 0.317. The van der Waals surface area contributed by atoms with Crippen molar-refractivity contribution in [2.75, 3.05) is 7.05 Å². The van der Waals surface area contributed by atoms with Gasteiger partial charge in [-0.15, -0.1) is 0 Å². The Labute approximate surface area is 121 Å². The molecule has 2 rings (SSSR count).